The van der Waals surface area contributed by atoms with E-state index in [1.807, 2.05) is 30.5 Å². The summed E-state index contributed by atoms with van der Waals surface area (Å²) in [4.78, 5) is 28.3. The molecule has 1 saturated heterocycles. The smallest absolute Gasteiger partial charge is 0.409 e. The van der Waals surface area contributed by atoms with Crippen molar-refractivity contribution in [2.75, 3.05) is 37.7 Å². The molecule has 0 bridgehead atoms. The first-order chi connectivity index (χ1) is 11.1. The van der Waals surface area contributed by atoms with Gasteiger partial charge in [-0.2, -0.15) is 0 Å². The fraction of sp³-hybridized carbons (Fsp3) is 0.412. The lowest BCUT2D eigenvalue weighted by Gasteiger charge is -2.35. The van der Waals surface area contributed by atoms with Gasteiger partial charge in [0.2, 0.25) is 5.43 Å². The summed E-state index contributed by atoms with van der Waals surface area (Å²) in [6, 6.07) is 5.97. The number of fused-ring (bicyclic) bond motifs is 1. The number of ether oxygens (including phenoxy) is 1. The molecule has 0 N–H and O–H groups in total. The summed E-state index contributed by atoms with van der Waals surface area (Å²) in [5.74, 6) is 0. The van der Waals surface area contributed by atoms with E-state index in [0.29, 0.717) is 32.8 Å². The van der Waals surface area contributed by atoms with Crippen molar-refractivity contribution in [2.45, 2.75) is 13.8 Å². The lowest BCUT2D eigenvalue weighted by atomic mass is 10.1. The van der Waals surface area contributed by atoms with Crippen LogP contribution in [0.25, 0.3) is 10.1 Å². The Morgan fingerprint density at radius 3 is 2.70 bits per heavy atom. The first-order valence-corrected chi connectivity index (χ1v) is 8.67. The predicted molar refractivity (Wildman–Crippen MR) is 93.6 cm³/mol. The maximum Gasteiger partial charge on any atom is 0.409 e. The van der Waals surface area contributed by atoms with Crippen LogP contribution in [-0.4, -0.2) is 43.8 Å². The van der Waals surface area contributed by atoms with Gasteiger partial charge in [0.25, 0.3) is 0 Å². The maximum atomic E-state index is 12.8. The van der Waals surface area contributed by atoms with Crippen molar-refractivity contribution >= 4 is 33.2 Å². The van der Waals surface area contributed by atoms with Crippen LogP contribution in [0.3, 0.4) is 0 Å². The molecule has 0 atom stereocenters. The van der Waals surface area contributed by atoms with E-state index < -0.39 is 0 Å². The Balaban J connectivity index is 1.81. The van der Waals surface area contributed by atoms with Crippen LogP contribution in [0.1, 0.15) is 12.5 Å². The molecule has 6 heteroatoms. The second kappa shape index (κ2) is 6.58. The maximum absolute atomic E-state index is 12.8. The van der Waals surface area contributed by atoms with Gasteiger partial charge in [0.05, 0.1) is 12.3 Å². The number of amides is 1. The lowest BCUT2D eigenvalue weighted by Crippen LogP contribution is -2.49. The van der Waals surface area contributed by atoms with Crippen molar-refractivity contribution in [2.24, 2.45) is 0 Å². The van der Waals surface area contributed by atoms with Crippen molar-refractivity contribution in [3.63, 3.8) is 0 Å². The molecule has 1 fully saturated rings. The second-order valence-corrected chi connectivity index (χ2v) is 6.53. The summed E-state index contributed by atoms with van der Waals surface area (Å²) in [5, 5.41) is 2.71. The third-order valence-electron chi connectivity index (χ3n) is 4.06. The molecule has 1 aliphatic rings. The summed E-state index contributed by atoms with van der Waals surface area (Å²) in [6.07, 6.45) is -0.272. The average Bonchev–Trinajstić information content (AvgIpc) is 2.56. The molecule has 2 aromatic rings. The van der Waals surface area contributed by atoms with E-state index in [9.17, 15) is 9.59 Å². The van der Waals surface area contributed by atoms with Gasteiger partial charge in [-0.3, -0.25) is 4.79 Å². The Morgan fingerprint density at radius 1 is 1.26 bits per heavy atom. The van der Waals surface area contributed by atoms with Crippen molar-refractivity contribution in [1.82, 2.24) is 4.90 Å². The molecule has 122 valence electrons. The molecular weight excluding hydrogens is 312 g/mol. The number of benzene rings is 1. The monoisotopic (exact) mass is 332 g/mol. The van der Waals surface area contributed by atoms with Gasteiger partial charge in [-0.1, -0.05) is 11.6 Å². The predicted octanol–water partition coefficient (Wildman–Crippen LogP) is 2.85. The SMILES string of the molecule is CCOC(=O)N1CCN(c2csc3ccc(C)cc3c2=O)CC1. The van der Waals surface area contributed by atoms with Gasteiger partial charge < -0.3 is 14.5 Å². The van der Waals surface area contributed by atoms with Gasteiger partial charge in [0.1, 0.15) is 0 Å². The zero-order valence-corrected chi connectivity index (χ0v) is 14.2. The fourth-order valence-electron chi connectivity index (χ4n) is 2.80. The Hall–Kier alpha value is -2.08. The summed E-state index contributed by atoms with van der Waals surface area (Å²) < 4.78 is 6.03. The van der Waals surface area contributed by atoms with Crippen LogP contribution >= 0.6 is 11.3 Å². The van der Waals surface area contributed by atoms with E-state index in [1.54, 1.807) is 23.2 Å². The summed E-state index contributed by atoms with van der Waals surface area (Å²) in [7, 11) is 0. The van der Waals surface area contributed by atoms with Crippen LogP contribution in [-0.2, 0) is 4.74 Å². The van der Waals surface area contributed by atoms with Crippen LogP contribution in [0.15, 0.2) is 28.4 Å². The lowest BCUT2D eigenvalue weighted by molar-refractivity contribution is 0.105. The molecule has 0 unspecified atom stereocenters. The molecule has 1 aromatic carbocycles. The van der Waals surface area contributed by atoms with Crippen molar-refractivity contribution in [3.8, 4) is 0 Å². The standard InChI is InChI=1S/C17H20N2O3S/c1-3-22-17(21)19-8-6-18(7-9-19)14-11-23-15-5-4-12(2)10-13(15)16(14)20/h4-5,10-11H,3,6-9H2,1-2H3. The summed E-state index contributed by atoms with van der Waals surface area (Å²) in [5.41, 5.74) is 1.90. The highest BCUT2D eigenvalue weighted by Gasteiger charge is 2.23. The van der Waals surface area contributed by atoms with Crippen LogP contribution in [0.4, 0.5) is 10.5 Å². The minimum Gasteiger partial charge on any atom is -0.450 e. The molecule has 0 radical (unpaired) electrons. The highest BCUT2D eigenvalue weighted by Crippen LogP contribution is 2.23. The van der Waals surface area contributed by atoms with E-state index in [2.05, 4.69) is 4.90 Å². The molecule has 23 heavy (non-hydrogen) atoms. The van der Waals surface area contributed by atoms with Crippen LogP contribution in [0.5, 0.6) is 0 Å². The van der Waals surface area contributed by atoms with Crippen LogP contribution < -0.4 is 10.3 Å². The van der Waals surface area contributed by atoms with Gasteiger partial charge in [0, 0.05) is 41.6 Å². The Morgan fingerprint density at radius 2 is 2.00 bits per heavy atom. The molecule has 1 aromatic heterocycles. The Labute approximate surface area is 139 Å². The van der Waals surface area contributed by atoms with Gasteiger partial charge >= 0.3 is 6.09 Å². The number of hydrogen-bond donors (Lipinski definition) is 0. The molecule has 2 heterocycles. The first kappa shape index (κ1) is 15.8. The van der Waals surface area contributed by atoms with Crippen LogP contribution in [0.2, 0.25) is 0 Å². The fourth-order valence-corrected chi connectivity index (χ4v) is 3.72. The van der Waals surface area contributed by atoms with Crippen LogP contribution in [0, 0.1) is 6.92 Å². The summed E-state index contributed by atoms with van der Waals surface area (Å²) in [6.45, 7) is 6.64. The zero-order valence-electron chi connectivity index (χ0n) is 13.4. The van der Waals surface area contributed by atoms with Gasteiger partial charge in [0.15, 0.2) is 0 Å². The number of piperazine rings is 1. The molecule has 0 aliphatic carbocycles. The van der Waals surface area contributed by atoms with Crippen molar-refractivity contribution in [1.29, 1.82) is 0 Å². The number of nitrogens with zero attached hydrogens (tertiary/aromatic N) is 2. The number of rotatable bonds is 2. The minimum atomic E-state index is -0.272. The molecule has 3 rings (SSSR count). The van der Waals surface area contributed by atoms with Crippen molar-refractivity contribution < 1.29 is 9.53 Å². The van der Waals surface area contributed by atoms with E-state index >= 15 is 0 Å². The number of carbonyl (C=O) groups excluding carboxylic acids is 1. The summed E-state index contributed by atoms with van der Waals surface area (Å²) >= 11 is 1.59. The largest absolute Gasteiger partial charge is 0.450 e. The topological polar surface area (TPSA) is 49.9 Å². The van der Waals surface area contributed by atoms with E-state index in [0.717, 1.165) is 21.3 Å². The van der Waals surface area contributed by atoms with Gasteiger partial charge in [-0.15, -0.1) is 11.3 Å². The third-order valence-corrected chi connectivity index (χ3v) is 5.01. The molecule has 1 aliphatic heterocycles. The normalized spacial score (nSPS) is 15.0. The van der Waals surface area contributed by atoms with Crippen molar-refractivity contribution in [3.05, 3.63) is 39.4 Å². The average molecular weight is 332 g/mol. The molecule has 5 nitrogen and oxygen atoms in total. The number of hydrogen-bond acceptors (Lipinski definition) is 5. The first-order valence-electron chi connectivity index (χ1n) is 7.79. The number of aryl methyl sites for hydroxylation is 1. The molecule has 1 amide bonds. The zero-order chi connectivity index (χ0) is 16.4. The molecule has 0 saturated carbocycles. The second-order valence-electron chi connectivity index (χ2n) is 5.62. The quantitative estimate of drug-likeness (QED) is 0.848. The Bertz CT molecular complexity index is 779. The van der Waals surface area contributed by atoms with E-state index in [-0.39, 0.29) is 11.5 Å². The highest BCUT2D eigenvalue weighted by atomic mass is 32.1. The number of carbonyl (C=O) groups is 1. The molecular formula is C17H20N2O3S. The van der Waals surface area contributed by atoms with Gasteiger partial charge in [-0.25, -0.2) is 4.79 Å². The van der Waals surface area contributed by atoms with E-state index in [1.165, 1.54) is 0 Å². The third kappa shape index (κ3) is 3.17. The minimum absolute atomic E-state index is 0.0760. The number of anilines is 1. The highest BCUT2D eigenvalue weighted by molar-refractivity contribution is 7.16. The Kier molecular flexibility index (Phi) is 4.52. The molecule has 0 spiro atoms. The van der Waals surface area contributed by atoms with E-state index in [4.69, 9.17) is 4.74 Å². The van der Waals surface area contributed by atoms with Gasteiger partial charge in [-0.05, 0) is 26.0 Å².